The lowest BCUT2D eigenvalue weighted by Crippen LogP contribution is -2.32. The van der Waals surface area contributed by atoms with Crippen LogP contribution >= 0.6 is 0 Å². The molecule has 1 fully saturated rings. The maximum Gasteiger partial charge on any atom is 0.123 e. The monoisotopic (exact) mass is 372 g/mol. The largest absolute Gasteiger partial charge is 0.371 e. The zero-order valence-electron chi connectivity index (χ0n) is 15.5. The number of hydrogen-bond donors (Lipinski definition) is 1. The Hall–Kier alpha value is -3.21. The summed E-state index contributed by atoms with van der Waals surface area (Å²) < 4.78 is 13.2. The number of anilines is 1. The summed E-state index contributed by atoms with van der Waals surface area (Å²) in [6, 6.07) is 17.4. The molecule has 5 heteroatoms. The summed E-state index contributed by atoms with van der Waals surface area (Å²) in [6.45, 7) is 1.99. The van der Waals surface area contributed by atoms with Crippen LogP contribution in [0.15, 0.2) is 67.0 Å². The summed E-state index contributed by atoms with van der Waals surface area (Å²) in [7, 11) is 0. The van der Waals surface area contributed by atoms with Crippen LogP contribution < -0.4 is 4.90 Å². The smallest absolute Gasteiger partial charge is 0.123 e. The Balaban J connectivity index is 1.38. The molecule has 3 heterocycles. The molecule has 4 nitrogen and oxygen atoms in total. The summed E-state index contributed by atoms with van der Waals surface area (Å²) in [5.74, 6) is 0.335. The molecule has 0 aliphatic carbocycles. The summed E-state index contributed by atoms with van der Waals surface area (Å²) in [5.41, 5.74) is 5.53. The molecule has 0 amide bonds. The number of nitrogens with zero attached hydrogens (tertiary/aromatic N) is 3. The Kier molecular flexibility index (Phi) is 4.28. The summed E-state index contributed by atoms with van der Waals surface area (Å²) in [5, 5.41) is 8.77. The fourth-order valence-electron chi connectivity index (χ4n) is 4.13. The maximum atomic E-state index is 13.2. The van der Waals surface area contributed by atoms with Crippen LogP contribution in [0.4, 0.5) is 10.1 Å². The van der Waals surface area contributed by atoms with Gasteiger partial charge in [0.05, 0.1) is 5.52 Å². The molecule has 0 atom stereocenters. The Morgan fingerprint density at radius 1 is 0.929 bits per heavy atom. The highest BCUT2D eigenvalue weighted by molar-refractivity contribution is 5.94. The van der Waals surface area contributed by atoms with Crippen LogP contribution in [-0.2, 0) is 0 Å². The molecule has 1 saturated heterocycles. The SMILES string of the molecule is Fc1ccc(C2CCN(c3ccc4[nH]nc(-c5ccncc5)c4c3)CC2)cc1. The molecule has 1 aliphatic rings. The van der Waals surface area contributed by atoms with Gasteiger partial charge >= 0.3 is 0 Å². The van der Waals surface area contributed by atoms with Crippen LogP contribution in [0.5, 0.6) is 0 Å². The summed E-state index contributed by atoms with van der Waals surface area (Å²) >= 11 is 0. The highest BCUT2D eigenvalue weighted by Gasteiger charge is 2.21. The van der Waals surface area contributed by atoms with E-state index in [9.17, 15) is 4.39 Å². The van der Waals surface area contributed by atoms with E-state index < -0.39 is 0 Å². The van der Waals surface area contributed by atoms with Gasteiger partial charge in [-0.2, -0.15) is 5.10 Å². The van der Waals surface area contributed by atoms with Crippen molar-refractivity contribution in [3.63, 3.8) is 0 Å². The zero-order chi connectivity index (χ0) is 18.9. The van der Waals surface area contributed by atoms with Crippen LogP contribution in [0, 0.1) is 5.82 Å². The second kappa shape index (κ2) is 7.08. The van der Waals surface area contributed by atoms with E-state index in [4.69, 9.17) is 0 Å². The van der Waals surface area contributed by atoms with Gasteiger partial charge in [-0.05, 0) is 66.8 Å². The Morgan fingerprint density at radius 2 is 1.68 bits per heavy atom. The normalized spacial score (nSPS) is 15.2. The lowest BCUT2D eigenvalue weighted by atomic mass is 9.89. The molecule has 140 valence electrons. The molecular formula is C23H21FN4. The van der Waals surface area contributed by atoms with Crippen LogP contribution in [0.2, 0.25) is 0 Å². The van der Waals surface area contributed by atoms with Crippen LogP contribution in [-0.4, -0.2) is 28.3 Å². The number of H-pyrrole nitrogens is 1. The first-order valence-electron chi connectivity index (χ1n) is 9.67. The number of rotatable bonds is 3. The molecule has 4 aromatic rings. The van der Waals surface area contributed by atoms with E-state index in [2.05, 4.69) is 38.3 Å². The first kappa shape index (κ1) is 16.9. The van der Waals surface area contributed by atoms with Gasteiger partial charge in [0.15, 0.2) is 0 Å². The average Bonchev–Trinajstić information content (AvgIpc) is 3.18. The number of piperidine rings is 1. The van der Waals surface area contributed by atoms with Crippen molar-refractivity contribution >= 4 is 16.6 Å². The first-order valence-corrected chi connectivity index (χ1v) is 9.67. The third-order valence-electron chi connectivity index (χ3n) is 5.70. The molecule has 2 aromatic heterocycles. The molecule has 5 rings (SSSR count). The molecular weight excluding hydrogens is 351 g/mol. The summed E-state index contributed by atoms with van der Waals surface area (Å²) in [6.07, 6.45) is 5.73. The van der Waals surface area contributed by atoms with Gasteiger partial charge in [-0.25, -0.2) is 4.39 Å². The van der Waals surface area contributed by atoms with E-state index in [1.807, 2.05) is 24.3 Å². The molecule has 0 radical (unpaired) electrons. The predicted molar refractivity (Wildman–Crippen MR) is 110 cm³/mol. The standard InChI is InChI=1S/C23H21FN4/c24-19-3-1-16(2-4-19)17-9-13-28(14-10-17)20-5-6-22-21(15-20)23(27-26-22)18-7-11-25-12-8-18/h1-8,11-12,15,17H,9-10,13-14H2,(H,26,27). The van der Waals surface area contributed by atoms with Gasteiger partial charge in [0, 0.05) is 42.1 Å². The molecule has 0 spiro atoms. The lowest BCUT2D eigenvalue weighted by Gasteiger charge is -2.34. The van der Waals surface area contributed by atoms with Crippen LogP contribution in [0.3, 0.4) is 0 Å². The van der Waals surface area contributed by atoms with Crippen molar-refractivity contribution in [2.24, 2.45) is 0 Å². The third kappa shape index (κ3) is 3.13. The van der Waals surface area contributed by atoms with E-state index in [0.717, 1.165) is 48.1 Å². The summed E-state index contributed by atoms with van der Waals surface area (Å²) in [4.78, 5) is 6.53. The minimum absolute atomic E-state index is 0.167. The zero-order valence-corrected chi connectivity index (χ0v) is 15.5. The quantitative estimate of drug-likeness (QED) is 0.541. The Bertz CT molecular complexity index is 1080. The Morgan fingerprint density at radius 3 is 2.43 bits per heavy atom. The molecule has 0 bridgehead atoms. The van der Waals surface area contributed by atoms with Crippen molar-refractivity contribution < 1.29 is 4.39 Å². The van der Waals surface area contributed by atoms with Gasteiger partial charge in [0.2, 0.25) is 0 Å². The second-order valence-electron chi connectivity index (χ2n) is 7.35. The van der Waals surface area contributed by atoms with Crippen LogP contribution in [0.25, 0.3) is 22.2 Å². The van der Waals surface area contributed by atoms with Gasteiger partial charge in [-0.1, -0.05) is 12.1 Å². The number of aromatic amines is 1. The number of fused-ring (bicyclic) bond motifs is 1. The van der Waals surface area contributed by atoms with Crippen molar-refractivity contribution in [3.05, 3.63) is 78.4 Å². The highest BCUT2D eigenvalue weighted by Crippen LogP contribution is 2.33. The van der Waals surface area contributed by atoms with Crippen molar-refractivity contribution in [1.82, 2.24) is 15.2 Å². The molecule has 1 aliphatic heterocycles. The van der Waals surface area contributed by atoms with Crippen molar-refractivity contribution in [1.29, 1.82) is 0 Å². The van der Waals surface area contributed by atoms with Crippen LogP contribution in [0.1, 0.15) is 24.3 Å². The fourth-order valence-corrected chi connectivity index (χ4v) is 4.13. The number of halogens is 1. The number of benzene rings is 2. The van der Waals surface area contributed by atoms with Crippen molar-refractivity contribution in [2.75, 3.05) is 18.0 Å². The number of hydrogen-bond acceptors (Lipinski definition) is 3. The van der Waals surface area contributed by atoms with E-state index in [0.29, 0.717) is 5.92 Å². The Labute approximate surface area is 163 Å². The highest BCUT2D eigenvalue weighted by atomic mass is 19.1. The molecule has 28 heavy (non-hydrogen) atoms. The van der Waals surface area contributed by atoms with Gasteiger partial charge in [0.1, 0.15) is 11.5 Å². The van der Waals surface area contributed by atoms with Gasteiger partial charge in [-0.3, -0.25) is 10.1 Å². The maximum absolute atomic E-state index is 13.2. The van der Waals surface area contributed by atoms with E-state index in [1.165, 1.54) is 11.3 Å². The van der Waals surface area contributed by atoms with E-state index in [-0.39, 0.29) is 5.82 Å². The first-order chi connectivity index (χ1) is 13.8. The van der Waals surface area contributed by atoms with Gasteiger partial charge in [0.25, 0.3) is 0 Å². The van der Waals surface area contributed by atoms with Crippen molar-refractivity contribution in [2.45, 2.75) is 18.8 Å². The number of pyridine rings is 1. The third-order valence-corrected chi connectivity index (χ3v) is 5.70. The van der Waals surface area contributed by atoms with Crippen molar-refractivity contribution in [3.8, 4) is 11.3 Å². The van der Waals surface area contributed by atoms with E-state index in [1.54, 1.807) is 24.5 Å². The van der Waals surface area contributed by atoms with E-state index >= 15 is 0 Å². The minimum Gasteiger partial charge on any atom is -0.371 e. The molecule has 0 saturated carbocycles. The molecule has 0 unspecified atom stereocenters. The number of aromatic nitrogens is 3. The molecule has 2 aromatic carbocycles. The number of nitrogens with one attached hydrogen (secondary N) is 1. The average molecular weight is 372 g/mol. The van der Waals surface area contributed by atoms with Gasteiger partial charge < -0.3 is 4.90 Å². The lowest BCUT2D eigenvalue weighted by molar-refractivity contribution is 0.504. The predicted octanol–water partition coefficient (Wildman–Crippen LogP) is 5.15. The second-order valence-corrected chi connectivity index (χ2v) is 7.35. The minimum atomic E-state index is -0.167. The van der Waals surface area contributed by atoms with Gasteiger partial charge in [-0.15, -0.1) is 0 Å². The topological polar surface area (TPSA) is 44.8 Å². The molecule has 1 N–H and O–H groups in total. The fraction of sp³-hybridized carbons (Fsp3) is 0.217.